The van der Waals surface area contributed by atoms with E-state index < -0.39 is 0 Å². The van der Waals surface area contributed by atoms with Gasteiger partial charge in [0.05, 0.1) is 17.7 Å². The molecule has 0 saturated carbocycles. The van der Waals surface area contributed by atoms with Gasteiger partial charge < -0.3 is 9.64 Å². The molecule has 1 fully saturated rings. The standard InChI is InChI=1S/C27H25Cl3N2O2/c1-34-21-6-8-25-23(15-21)27(17-32(25)26(33)22-7-5-20(29)14-24(22)30)9-11-31(12-10-27)16-18-3-2-4-19(28)13-18/h2-8,13-15H,9-12,16-17H2,1H3. The van der Waals surface area contributed by atoms with Gasteiger partial charge in [-0.05, 0) is 85.6 Å². The van der Waals surface area contributed by atoms with E-state index in [9.17, 15) is 4.79 Å². The molecule has 0 unspecified atom stereocenters. The number of fused-ring (bicyclic) bond motifs is 2. The number of halogens is 3. The summed E-state index contributed by atoms with van der Waals surface area (Å²) in [6.45, 7) is 3.36. The van der Waals surface area contributed by atoms with Gasteiger partial charge in [0, 0.05) is 34.2 Å². The summed E-state index contributed by atoms with van der Waals surface area (Å²) in [6.07, 6.45) is 1.90. The van der Waals surface area contributed by atoms with Gasteiger partial charge in [-0.2, -0.15) is 0 Å². The van der Waals surface area contributed by atoms with Gasteiger partial charge in [0.1, 0.15) is 5.75 Å². The van der Waals surface area contributed by atoms with E-state index in [1.807, 2.05) is 35.2 Å². The van der Waals surface area contributed by atoms with Crippen LogP contribution in [-0.4, -0.2) is 37.6 Å². The lowest BCUT2D eigenvalue weighted by atomic mass is 9.74. The predicted molar refractivity (Wildman–Crippen MR) is 139 cm³/mol. The number of hydrogen-bond donors (Lipinski definition) is 0. The van der Waals surface area contributed by atoms with Crippen LogP contribution in [0.3, 0.4) is 0 Å². The van der Waals surface area contributed by atoms with Gasteiger partial charge in [0.2, 0.25) is 0 Å². The minimum atomic E-state index is -0.122. The number of benzene rings is 3. The molecule has 7 heteroatoms. The van der Waals surface area contributed by atoms with Gasteiger partial charge in [-0.3, -0.25) is 9.69 Å². The second-order valence-corrected chi connectivity index (χ2v) is 10.4. The molecule has 1 spiro atoms. The topological polar surface area (TPSA) is 32.8 Å². The van der Waals surface area contributed by atoms with Crippen molar-refractivity contribution in [2.75, 3.05) is 31.6 Å². The third kappa shape index (κ3) is 4.40. The maximum absolute atomic E-state index is 13.6. The van der Waals surface area contributed by atoms with Crippen LogP contribution < -0.4 is 9.64 Å². The van der Waals surface area contributed by atoms with E-state index >= 15 is 0 Å². The minimum Gasteiger partial charge on any atom is -0.497 e. The third-order valence-electron chi connectivity index (χ3n) is 7.04. The van der Waals surface area contributed by atoms with E-state index in [2.05, 4.69) is 17.0 Å². The van der Waals surface area contributed by atoms with Crippen LogP contribution in [0.1, 0.15) is 34.3 Å². The Balaban J connectivity index is 1.42. The summed E-state index contributed by atoms with van der Waals surface area (Å²) in [5.41, 5.74) is 3.66. The fraction of sp³-hybridized carbons (Fsp3) is 0.296. The molecular formula is C27H25Cl3N2O2. The summed E-state index contributed by atoms with van der Waals surface area (Å²) in [6, 6.07) is 19.1. The van der Waals surface area contributed by atoms with Gasteiger partial charge in [-0.25, -0.2) is 0 Å². The summed E-state index contributed by atoms with van der Waals surface area (Å²) in [4.78, 5) is 17.9. The smallest absolute Gasteiger partial charge is 0.259 e. The van der Waals surface area contributed by atoms with Crippen molar-refractivity contribution in [1.29, 1.82) is 0 Å². The number of carbonyl (C=O) groups excluding carboxylic acids is 1. The lowest BCUT2D eigenvalue weighted by Crippen LogP contribution is -2.45. The molecule has 1 saturated heterocycles. The minimum absolute atomic E-state index is 0.105. The number of likely N-dealkylation sites (tertiary alicyclic amines) is 1. The van der Waals surface area contributed by atoms with Crippen molar-refractivity contribution in [3.63, 3.8) is 0 Å². The maximum Gasteiger partial charge on any atom is 0.259 e. The maximum atomic E-state index is 13.6. The Morgan fingerprint density at radius 2 is 1.74 bits per heavy atom. The van der Waals surface area contributed by atoms with E-state index in [1.54, 1.807) is 25.3 Å². The molecule has 2 aliphatic rings. The Kier molecular flexibility index (Phi) is 6.51. The molecule has 34 heavy (non-hydrogen) atoms. The summed E-state index contributed by atoms with van der Waals surface area (Å²) >= 11 is 18.6. The van der Waals surface area contributed by atoms with E-state index in [1.165, 1.54) is 11.1 Å². The Bertz CT molecular complexity index is 1240. The van der Waals surface area contributed by atoms with E-state index in [0.717, 1.165) is 48.9 Å². The van der Waals surface area contributed by atoms with Gasteiger partial charge in [0.25, 0.3) is 5.91 Å². The lowest BCUT2D eigenvalue weighted by Gasteiger charge is -2.40. The zero-order valence-electron chi connectivity index (χ0n) is 18.9. The fourth-order valence-electron chi connectivity index (χ4n) is 5.22. The van der Waals surface area contributed by atoms with Crippen LogP contribution in [-0.2, 0) is 12.0 Å². The second-order valence-electron chi connectivity index (χ2n) is 9.08. The molecule has 3 aromatic carbocycles. The molecule has 0 bridgehead atoms. The number of carbonyl (C=O) groups is 1. The Morgan fingerprint density at radius 1 is 0.971 bits per heavy atom. The zero-order chi connectivity index (χ0) is 23.9. The average molecular weight is 516 g/mol. The molecule has 1 amide bonds. The fourth-order valence-corrected chi connectivity index (χ4v) is 5.93. The summed E-state index contributed by atoms with van der Waals surface area (Å²) in [7, 11) is 1.67. The van der Waals surface area contributed by atoms with Crippen LogP contribution in [0.25, 0.3) is 0 Å². The van der Waals surface area contributed by atoms with Crippen molar-refractivity contribution in [3.8, 4) is 5.75 Å². The van der Waals surface area contributed by atoms with Gasteiger partial charge in [-0.15, -0.1) is 0 Å². The van der Waals surface area contributed by atoms with Gasteiger partial charge >= 0.3 is 0 Å². The Labute approximate surface area is 215 Å². The second kappa shape index (κ2) is 9.43. The van der Waals surface area contributed by atoms with Crippen molar-refractivity contribution >= 4 is 46.4 Å². The molecule has 0 aromatic heterocycles. The molecular weight excluding hydrogens is 491 g/mol. The third-order valence-corrected chi connectivity index (χ3v) is 7.82. The van der Waals surface area contributed by atoms with Crippen LogP contribution >= 0.6 is 34.8 Å². The number of piperidine rings is 1. The largest absolute Gasteiger partial charge is 0.497 e. The number of amides is 1. The van der Waals surface area contributed by atoms with Crippen molar-refractivity contribution in [3.05, 3.63) is 92.4 Å². The monoisotopic (exact) mass is 514 g/mol. The number of rotatable bonds is 4. The molecule has 0 atom stereocenters. The van der Waals surface area contributed by atoms with Crippen molar-refractivity contribution in [2.24, 2.45) is 0 Å². The highest BCUT2D eigenvalue weighted by molar-refractivity contribution is 6.37. The van der Waals surface area contributed by atoms with Crippen molar-refractivity contribution in [2.45, 2.75) is 24.8 Å². The summed E-state index contributed by atoms with van der Waals surface area (Å²) in [5, 5.41) is 1.64. The summed E-state index contributed by atoms with van der Waals surface area (Å²) in [5.74, 6) is 0.699. The molecule has 0 radical (unpaired) electrons. The van der Waals surface area contributed by atoms with Crippen LogP contribution in [0.15, 0.2) is 60.7 Å². The molecule has 5 rings (SSSR count). The average Bonchev–Trinajstić information content (AvgIpc) is 3.13. The molecule has 0 N–H and O–H groups in total. The number of methoxy groups -OCH3 is 1. The molecule has 0 aliphatic carbocycles. The summed E-state index contributed by atoms with van der Waals surface area (Å²) < 4.78 is 5.54. The highest BCUT2D eigenvalue weighted by atomic mass is 35.5. The molecule has 2 heterocycles. The van der Waals surface area contributed by atoms with Crippen LogP contribution in [0.2, 0.25) is 15.1 Å². The van der Waals surface area contributed by atoms with E-state index in [4.69, 9.17) is 39.5 Å². The lowest BCUT2D eigenvalue weighted by molar-refractivity contribution is 0.0975. The number of anilines is 1. The van der Waals surface area contributed by atoms with Crippen molar-refractivity contribution in [1.82, 2.24) is 4.90 Å². The first kappa shape index (κ1) is 23.5. The van der Waals surface area contributed by atoms with Crippen LogP contribution in [0.4, 0.5) is 5.69 Å². The predicted octanol–water partition coefficient (Wildman–Crippen LogP) is 6.85. The Morgan fingerprint density at radius 3 is 2.44 bits per heavy atom. The van der Waals surface area contributed by atoms with E-state index in [-0.39, 0.29) is 11.3 Å². The molecule has 2 aliphatic heterocycles. The zero-order valence-corrected chi connectivity index (χ0v) is 21.1. The quantitative estimate of drug-likeness (QED) is 0.381. The first-order chi connectivity index (χ1) is 16.4. The van der Waals surface area contributed by atoms with Gasteiger partial charge in [-0.1, -0.05) is 46.9 Å². The van der Waals surface area contributed by atoms with E-state index in [0.29, 0.717) is 22.2 Å². The van der Waals surface area contributed by atoms with Crippen molar-refractivity contribution < 1.29 is 9.53 Å². The molecule has 3 aromatic rings. The normalized spacial score (nSPS) is 17.1. The highest BCUT2D eigenvalue weighted by Crippen LogP contribution is 2.49. The van der Waals surface area contributed by atoms with Crippen LogP contribution in [0, 0.1) is 0 Å². The SMILES string of the molecule is COc1ccc2c(c1)C1(CCN(Cc3cccc(Cl)c3)CC1)CN2C(=O)c1ccc(Cl)cc1Cl. The molecule has 176 valence electrons. The highest BCUT2D eigenvalue weighted by Gasteiger charge is 2.46. The Hall–Kier alpha value is -2.24. The van der Waals surface area contributed by atoms with Crippen LogP contribution in [0.5, 0.6) is 5.75 Å². The first-order valence-corrected chi connectivity index (χ1v) is 12.4. The van der Waals surface area contributed by atoms with Gasteiger partial charge in [0.15, 0.2) is 0 Å². The number of nitrogens with zero attached hydrogens (tertiary/aromatic N) is 2. The molecule has 4 nitrogen and oxygen atoms in total. The number of hydrogen-bond acceptors (Lipinski definition) is 3. The first-order valence-electron chi connectivity index (χ1n) is 11.3. The number of ether oxygens (including phenoxy) is 1.